The van der Waals surface area contributed by atoms with Gasteiger partial charge in [-0.25, -0.2) is 4.39 Å². The van der Waals surface area contributed by atoms with Crippen LogP contribution in [0.1, 0.15) is 18.1 Å². The molecule has 21 heavy (non-hydrogen) atoms. The Morgan fingerprint density at radius 2 is 1.86 bits per heavy atom. The monoisotopic (exact) mass is 289 g/mol. The third kappa shape index (κ3) is 3.34. The predicted molar refractivity (Wildman–Crippen MR) is 82.2 cm³/mol. The van der Waals surface area contributed by atoms with Gasteiger partial charge in [0.2, 0.25) is 0 Å². The van der Waals surface area contributed by atoms with Gasteiger partial charge >= 0.3 is 0 Å². The van der Waals surface area contributed by atoms with Gasteiger partial charge in [-0.05, 0) is 50.2 Å². The third-order valence-electron chi connectivity index (χ3n) is 3.53. The summed E-state index contributed by atoms with van der Waals surface area (Å²) in [6.45, 7) is 3.75. The molecule has 4 heteroatoms. The van der Waals surface area contributed by atoms with Crippen LogP contribution in [-0.4, -0.2) is 18.8 Å². The van der Waals surface area contributed by atoms with Crippen molar-refractivity contribution in [3.63, 3.8) is 0 Å². The Hall–Kier alpha value is -2.07. The number of halogens is 1. The van der Waals surface area contributed by atoms with Gasteiger partial charge in [0.25, 0.3) is 0 Å². The predicted octanol–water partition coefficient (Wildman–Crippen LogP) is 3.46. The molecule has 0 heterocycles. The van der Waals surface area contributed by atoms with Crippen LogP contribution >= 0.6 is 0 Å². The Balaban J connectivity index is 2.40. The van der Waals surface area contributed by atoms with Crippen molar-refractivity contribution >= 4 is 5.69 Å². The maximum atomic E-state index is 13.0. The van der Waals surface area contributed by atoms with E-state index in [0.717, 1.165) is 16.8 Å². The van der Waals surface area contributed by atoms with Crippen LogP contribution in [0.5, 0.6) is 5.75 Å². The Bertz CT molecular complexity index is 613. The van der Waals surface area contributed by atoms with Crippen LogP contribution < -0.4 is 10.1 Å². The molecule has 112 valence electrons. The second kappa shape index (κ2) is 6.14. The number of hydrogen-bond donors (Lipinski definition) is 2. The van der Waals surface area contributed by atoms with E-state index >= 15 is 0 Å². The lowest BCUT2D eigenvalue weighted by molar-refractivity contribution is 0.220. The third-order valence-corrected chi connectivity index (χ3v) is 3.53. The second-order valence-corrected chi connectivity index (χ2v) is 5.33. The van der Waals surface area contributed by atoms with Gasteiger partial charge in [-0.15, -0.1) is 0 Å². The number of aliphatic hydroxyl groups is 1. The Morgan fingerprint density at radius 1 is 1.19 bits per heavy atom. The Morgan fingerprint density at radius 3 is 2.43 bits per heavy atom. The summed E-state index contributed by atoms with van der Waals surface area (Å²) in [6.07, 6.45) is 0. The molecule has 0 radical (unpaired) electrons. The molecular weight excluding hydrogens is 269 g/mol. The summed E-state index contributed by atoms with van der Waals surface area (Å²) in [5, 5.41) is 13.1. The number of methoxy groups -OCH3 is 1. The largest absolute Gasteiger partial charge is 0.496 e. The average molecular weight is 289 g/mol. The summed E-state index contributed by atoms with van der Waals surface area (Å²) >= 11 is 0. The average Bonchev–Trinajstić information content (AvgIpc) is 2.49. The Kier molecular flexibility index (Phi) is 4.48. The van der Waals surface area contributed by atoms with E-state index in [1.807, 2.05) is 32.0 Å². The molecule has 2 aromatic carbocycles. The highest BCUT2D eigenvalue weighted by Crippen LogP contribution is 2.33. The fourth-order valence-corrected chi connectivity index (χ4v) is 2.30. The molecule has 1 atom stereocenters. The number of aryl methyl sites for hydroxylation is 1. The molecule has 0 aromatic heterocycles. The van der Waals surface area contributed by atoms with Crippen molar-refractivity contribution < 1.29 is 14.2 Å². The molecule has 0 bridgehead atoms. The molecule has 0 aliphatic carbocycles. The molecular formula is C17H20FNO2. The van der Waals surface area contributed by atoms with Gasteiger partial charge in [0.1, 0.15) is 11.6 Å². The van der Waals surface area contributed by atoms with Crippen molar-refractivity contribution in [2.45, 2.75) is 19.4 Å². The number of nitrogens with one attached hydrogen (secondary N) is 1. The number of hydrogen-bond acceptors (Lipinski definition) is 3. The first-order chi connectivity index (χ1) is 9.98. The van der Waals surface area contributed by atoms with E-state index in [-0.39, 0.29) is 12.4 Å². The first-order valence-electron chi connectivity index (χ1n) is 6.78. The highest BCUT2D eigenvalue weighted by Gasteiger charge is 2.29. The number of ether oxygens (including phenoxy) is 1. The summed E-state index contributed by atoms with van der Waals surface area (Å²) < 4.78 is 18.4. The van der Waals surface area contributed by atoms with Crippen LogP contribution in [0.3, 0.4) is 0 Å². The highest BCUT2D eigenvalue weighted by atomic mass is 19.1. The standard InChI is InChI=1S/C17H20FNO2/c1-12-4-9-16(21-3)15(10-12)17(2,11-20)19-14-7-5-13(18)6-8-14/h4-10,19-20H,11H2,1-3H3. The maximum Gasteiger partial charge on any atom is 0.124 e. The topological polar surface area (TPSA) is 41.5 Å². The van der Waals surface area contributed by atoms with Gasteiger partial charge in [-0.2, -0.15) is 0 Å². The van der Waals surface area contributed by atoms with E-state index in [4.69, 9.17) is 4.74 Å². The van der Waals surface area contributed by atoms with Crippen molar-refractivity contribution in [3.8, 4) is 5.75 Å². The maximum absolute atomic E-state index is 13.0. The van der Waals surface area contributed by atoms with Crippen LogP contribution in [-0.2, 0) is 5.54 Å². The highest BCUT2D eigenvalue weighted by molar-refractivity contribution is 5.51. The van der Waals surface area contributed by atoms with E-state index in [1.54, 1.807) is 19.2 Å². The van der Waals surface area contributed by atoms with E-state index < -0.39 is 5.54 Å². The van der Waals surface area contributed by atoms with Crippen LogP contribution in [0.25, 0.3) is 0 Å². The summed E-state index contributed by atoms with van der Waals surface area (Å²) in [6, 6.07) is 11.9. The first kappa shape index (κ1) is 15.3. The lowest BCUT2D eigenvalue weighted by atomic mass is 9.90. The van der Waals surface area contributed by atoms with Crippen LogP contribution in [0.2, 0.25) is 0 Å². The fourth-order valence-electron chi connectivity index (χ4n) is 2.30. The minimum atomic E-state index is -0.727. The summed E-state index contributed by atoms with van der Waals surface area (Å²) in [5.74, 6) is 0.408. The smallest absolute Gasteiger partial charge is 0.124 e. The fraction of sp³-hybridized carbons (Fsp3) is 0.294. The Labute approximate surface area is 124 Å². The van der Waals surface area contributed by atoms with E-state index in [1.165, 1.54) is 12.1 Å². The second-order valence-electron chi connectivity index (χ2n) is 5.33. The quantitative estimate of drug-likeness (QED) is 0.885. The van der Waals surface area contributed by atoms with Gasteiger partial charge in [-0.3, -0.25) is 0 Å². The molecule has 3 nitrogen and oxygen atoms in total. The van der Waals surface area contributed by atoms with Gasteiger partial charge < -0.3 is 15.2 Å². The van der Waals surface area contributed by atoms with Gasteiger partial charge in [0.05, 0.1) is 19.3 Å². The minimum Gasteiger partial charge on any atom is -0.496 e. The number of benzene rings is 2. The van der Waals surface area contributed by atoms with Crippen molar-refractivity contribution in [3.05, 3.63) is 59.4 Å². The SMILES string of the molecule is COc1ccc(C)cc1C(C)(CO)Nc1ccc(F)cc1. The molecule has 0 amide bonds. The van der Waals surface area contributed by atoms with Crippen molar-refractivity contribution in [2.24, 2.45) is 0 Å². The summed E-state index contributed by atoms with van der Waals surface area (Å²) in [5.41, 5.74) is 1.94. The van der Waals surface area contributed by atoms with Crippen molar-refractivity contribution in [1.29, 1.82) is 0 Å². The molecule has 2 N–H and O–H groups in total. The molecule has 0 saturated heterocycles. The lowest BCUT2D eigenvalue weighted by Gasteiger charge is -2.32. The first-order valence-corrected chi connectivity index (χ1v) is 6.78. The minimum absolute atomic E-state index is 0.121. The number of rotatable bonds is 5. The zero-order valence-electron chi connectivity index (χ0n) is 12.5. The molecule has 0 aliphatic heterocycles. The molecule has 1 unspecified atom stereocenters. The lowest BCUT2D eigenvalue weighted by Crippen LogP contribution is -2.36. The molecule has 0 saturated carbocycles. The van der Waals surface area contributed by atoms with E-state index in [0.29, 0.717) is 5.75 Å². The summed E-state index contributed by atoms with van der Waals surface area (Å²) in [7, 11) is 1.60. The van der Waals surface area contributed by atoms with E-state index in [9.17, 15) is 9.50 Å². The molecule has 2 aromatic rings. The molecule has 2 rings (SSSR count). The van der Waals surface area contributed by atoms with E-state index in [2.05, 4.69) is 5.32 Å². The van der Waals surface area contributed by atoms with Crippen LogP contribution in [0.4, 0.5) is 10.1 Å². The van der Waals surface area contributed by atoms with Gasteiger partial charge in [-0.1, -0.05) is 11.6 Å². The number of aliphatic hydroxyl groups excluding tert-OH is 1. The normalized spacial score (nSPS) is 13.6. The number of anilines is 1. The molecule has 0 spiro atoms. The molecule has 0 aliphatic rings. The van der Waals surface area contributed by atoms with Gasteiger partial charge in [0.15, 0.2) is 0 Å². The van der Waals surface area contributed by atoms with Crippen molar-refractivity contribution in [2.75, 3.05) is 19.0 Å². The summed E-state index contributed by atoms with van der Waals surface area (Å²) in [4.78, 5) is 0. The van der Waals surface area contributed by atoms with Crippen molar-refractivity contribution in [1.82, 2.24) is 0 Å². The van der Waals surface area contributed by atoms with Gasteiger partial charge in [0, 0.05) is 11.3 Å². The molecule has 0 fully saturated rings. The zero-order chi connectivity index (χ0) is 15.5. The van der Waals surface area contributed by atoms with Crippen LogP contribution in [0, 0.1) is 12.7 Å². The zero-order valence-corrected chi connectivity index (χ0v) is 12.5. The van der Waals surface area contributed by atoms with Crippen LogP contribution in [0.15, 0.2) is 42.5 Å².